The number of likely N-dealkylation sites (N-methyl/N-ethyl adjacent to an activating group) is 1. The van der Waals surface area contributed by atoms with E-state index in [4.69, 9.17) is 11.6 Å². The molecule has 1 atom stereocenters. The van der Waals surface area contributed by atoms with Crippen LogP contribution in [-0.2, 0) is 6.42 Å². The number of benzene rings is 1. The van der Waals surface area contributed by atoms with Crippen molar-refractivity contribution in [2.45, 2.75) is 12.5 Å². The Balaban J connectivity index is 2.25. The van der Waals surface area contributed by atoms with Crippen LogP contribution in [0.5, 0.6) is 0 Å². The molecule has 1 unspecified atom stereocenters. The molecule has 2 aromatic rings. The van der Waals surface area contributed by atoms with Crippen LogP contribution in [0.4, 0.5) is 0 Å². The average Bonchev–Trinajstić information content (AvgIpc) is 2.76. The Labute approximate surface area is 133 Å². The van der Waals surface area contributed by atoms with Gasteiger partial charge in [0, 0.05) is 31.7 Å². The van der Waals surface area contributed by atoms with E-state index in [2.05, 4.69) is 54.7 Å². The fourth-order valence-electron chi connectivity index (χ4n) is 1.82. The van der Waals surface area contributed by atoms with Gasteiger partial charge in [0.25, 0.3) is 0 Å². The van der Waals surface area contributed by atoms with Gasteiger partial charge in [0.05, 0.1) is 5.02 Å². The van der Waals surface area contributed by atoms with Gasteiger partial charge < -0.3 is 5.32 Å². The van der Waals surface area contributed by atoms with Crippen LogP contribution in [0.1, 0.15) is 16.5 Å². The average molecular weight is 410 g/mol. The largest absolute Gasteiger partial charge is 0.313 e. The molecule has 1 N–H and O–H groups in total. The first kappa shape index (κ1) is 14.5. The van der Waals surface area contributed by atoms with Crippen molar-refractivity contribution in [3.05, 3.63) is 54.1 Å². The topological polar surface area (TPSA) is 12.0 Å². The van der Waals surface area contributed by atoms with Crippen LogP contribution < -0.4 is 5.32 Å². The van der Waals surface area contributed by atoms with Gasteiger partial charge in [0.1, 0.15) is 0 Å². The monoisotopic (exact) mass is 407 g/mol. The minimum absolute atomic E-state index is 0.223. The van der Waals surface area contributed by atoms with Gasteiger partial charge in [-0.05, 0) is 56.6 Å². The van der Waals surface area contributed by atoms with Crippen LogP contribution in [-0.4, -0.2) is 7.05 Å². The van der Waals surface area contributed by atoms with Crippen LogP contribution >= 0.6 is 54.8 Å². The molecule has 1 nitrogen and oxygen atoms in total. The van der Waals surface area contributed by atoms with Gasteiger partial charge in [-0.2, -0.15) is 0 Å². The highest BCUT2D eigenvalue weighted by molar-refractivity contribution is 9.10. The summed E-state index contributed by atoms with van der Waals surface area (Å²) in [5, 5.41) is 6.22. The molecule has 5 heteroatoms. The third kappa shape index (κ3) is 3.36. The lowest BCUT2D eigenvalue weighted by atomic mass is 10.0. The zero-order valence-electron chi connectivity index (χ0n) is 9.71. The van der Waals surface area contributed by atoms with E-state index in [9.17, 15) is 0 Å². The zero-order chi connectivity index (χ0) is 13.1. The van der Waals surface area contributed by atoms with Crippen LogP contribution in [0.15, 0.2) is 38.6 Å². The summed E-state index contributed by atoms with van der Waals surface area (Å²) >= 11 is 15.1. The quantitative estimate of drug-likeness (QED) is 0.710. The first-order valence-electron chi connectivity index (χ1n) is 5.46. The molecule has 1 heterocycles. The van der Waals surface area contributed by atoms with Gasteiger partial charge in [-0.15, -0.1) is 11.3 Å². The van der Waals surface area contributed by atoms with E-state index in [0.717, 1.165) is 26.0 Å². The molecule has 0 aliphatic carbocycles. The number of thiophene rings is 1. The van der Waals surface area contributed by atoms with Crippen molar-refractivity contribution in [2.24, 2.45) is 0 Å². The van der Waals surface area contributed by atoms with Crippen molar-refractivity contribution in [1.82, 2.24) is 5.32 Å². The van der Waals surface area contributed by atoms with Crippen molar-refractivity contribution in [3.8, 4) is 0 Å². The Bertz CT molecular complexity index is 542. The first-order chi connectivity index (χ1) is 8.61. The maximum Gasteiger partial charge on any atom is 0.0595 e. The van der Waals surface area contributed by atoms with Gasteiger partial charge in [0.2, 0.25) is 0 Å². The highest BCUT2D eigenvalue weighted by atomic mass is 79.9. The molecule has 0 radical (unpaired) electrons. The normalized spacial score (nSPS) is 12.7. The molecular weight excluding hydrogens is 397 g/mol. The van der Waals surface area contributed by atoms with E-state index in [0.29, 0.717) is 0 Å². The molecule has 0 aliphatic rings. The zero-order valence-corrected chi connectivity index (χ0v) is 14.5. The second-order valence-corrected chi connectivity index (χ2v) is 7.06. The minimum atomic E-state index is 0.223. The van der Waals surface area contributed by atoms with Crippen molar-refractivity contribution in [1.29, 1.82) is 0 Å². The second-order valence-electron chi connectivity index (χ2n) is 3.92. The Morgan fingerprint density at radius 2 is 2.17 bits per heavy atom. The number of nitrogens with one attached hydrogen (secondary N) is 1. The summed E-state index contributed by atoms with van der Waals surface area (Å²) in [5.41, 5.74) is 1.12. The number of halogens is 3. The summed E-state index contributed by atoms with van der Waals surface area (Å²) in [6.07, 6.45) is 0.933. The summed E-state index contributed by atoms with van der Waals surface area (Å²) in [6.45, 7) is 0. The lowest BCUT2D eigenvalue weighted by Gasteiger charge is -2.18. The maximum atomic E-state index is 6.35. The first-order valence-corrected chi connectivity index (χ1v) is 8.30. The van der Waals surface area contributed by atoms with Crippen LogP contribution in [0.3, 0.4) is 0 Å². The molecule has 1 aromatic carbocycles. The minimum Gasteiger partial charge on any atom is -0.313 e. The highest BCUT2D eigenvalue weighted by Crippen LogP contribution is 2.33. The molecule has 0 saturated carbocycles. The number of hydrogen-bond acceptors (Lipinski definition) is 2. The fraction of sp³-hybridized carbons (Fsp3) is 0.231. The van der Waals surface area contributed by atoms with Crippen LogP contribution in [0.2, 0.25) is 5.02 Å². The second kappa shape index (κ2) is 6.53. The number of rotatable bonds is 4. The summed E-state index contributed by atoms with van der Waals surface area (Å²) in [7, 11) is 1.96. The van der Waals surface area contributed by atoms with E-state index in [-0.39, 0.29) is 6.04 Å². The van der Waals surface area contributed by atoms with Crippen LogP contribution in [0.25, 0.3) is 0 Å². The smallest absolute Gasteiger partial charge is 0.0595 e. The van der Waals surface area contributed by atoms with E-state index in [1.54, 1.807) is 11.3 Å². The molecule has 0 bridgehead atoms. The fourth-order valence-corrected chi connectivity index (χ4v) is 3.96. The Hall–Kier alpha value is 0.130. The lowest BCUT2D eigenvalue weighted by Crippen LogP contribution is -2.18. The van der Waals surface area contributed by atoms with Gasteiger partial charge in [-0.25, -0.2) is 0 Å². The summed E-state index contributed by atoms with van der Waals surface area (Å²) < 4.78 is 2.08. The lowest BCUT2D eigenvalue weighted by molar-refractivity contribution is 0.596. The SMILES string of the molecule is CNC(Cc1cc(Br)cs1)c1cccc(Br)c1Cl. The van der Waals surface area contributed by atoms with Crippen molar-refractivity contribution < 1.29 is 0 Å². The standard InChI is InChI=1S/C13H12Br2ClNS/c1-17-12(6-9-5-8(14)7-18-9)10-3-2-4-11(15)13(10)16/h2-5,7,12,17H,6H2,1H3. The van der Waals surface area contributed by atoms with E-state index in [1.807, 2.05) is 19.2 Å². The maximum absolute atomic E-state index is 6.35. The molecule has 18 heavy (non-hydrogen) atoms. The molecule has 0 spiro atoms. The molecule has 0 saturated heterocycles. The van der Waals surface area contributed by atoms with Gasteiger partial charge in [-0.1, -0.05) is 23.7 Å². The molecule has 0 aliphatic heterocycles. The van der Waals surface area contributed by atoms with E-state index < -0.39 is 0 Å². The third-order valence-electron chi connectivity index (χ3n) is 2.73. The highest BCUT2D eigenvalue weighted by Gasteiger charge is 2.15. The Morgan fingerprint density at radius 3 is 2.78 bits per heavy atom. The predicted octanol–water partition coefficient (Wildman–Crippen LogP) is 5.43. The molecule has 1 aromatic heterocycles. The third-order valence-corrected chi connectivity index (χ3v) is 5.76. The van der Waals surface area contributed by atoms with Crippen LogP contribution in [0, 0.1) is 0 Å². The Morgan fingerprint density at radius 1 is 1.39 bits per heavy atom. The summed E-state index contributed by atoms with van der Waals surface area (Å²) in [4.78, 5) is 1.33. The molecule has 0 amide bonds. The van der Waals surface area contributed by atoms with E-state index in [1.165, 1.54) is 4.88 Å². The summed E-state index contributed by atoms with van der Waals surface area (Å²) in [5.74, 6) is 0. The molecule has 0 fully saturated rings. The van der Waals surface area contributed by atoms with Crippen molar-refractivity contribution >= 4 is 54.8 Å². The molecular formula is C13H12Br2ClNS. The predicted molar refractivity (Wildman–Crippen MR) is 86.7 cm³/mol. The molecule has 96 valence electrons. The summed E-state index contributed by atoms with van der Waals surface area (Å²) in [6, 6.07) is 8.42. The van der Waals surface area contributed by atoms with Gasteiger partial charge in [0.15, 0.2) is 0 Å². The van der Waals surface area contributed by atoms with Gasteiger partial charge >= 0.3 is 0 Å². The van der Waals surface area contributed by atoms with Crippen molar-refractivity contribution in [2.75, 3.05) is 7.05 Å². The Kier molecular flexibility index (Phi) is 5.27. The van der Waals surface area contributed by atoms with E-state index >= 15 is 0 Å². The van der Waals surface area contributed by atoms with Crippen molar-refractivity contribution in [3.63, 3.8) is 0 Å². The number of hydrogen-bond donors (Lipinski definition) is 1. The van der Waals surface area contributed by atoms with Gasteiger partial charge in [-0.3, -0.25) is 0 Å². The molecule has 2 rings (SSSR count).